The lowest BCUT2D eigenvalue weighted by Gasteiger charge is -2.36. The Morgan fingerprint density at radius 2 is 0.655 bits per heavy atom. The van der Waals surface area contributed by atoms with Gasteiger partial charge < -0.3 is 37.9 Å². The number of imidazole rings is 2. The second-order valence-corrected chi connectivity index (χ2v) is 23.7. The fourth-order valence-electron chi connectivity index (χ4n) is 14.0. The SMILES string of the molecule is CCCCCC1c2cc3c4cc2OCOc2cc5c(cc21)C(CCCCC)c1cc2c(c(C[n+]6ccn(-c7ccccc7)c6)c1OCO5)OCOc1c(cc(c(c1C[n+]1ccn(-c5ccccc5)c1)OCO4)C3CCCCC)C2CCCCC. The highest BCUT2D eigenvalue weighted by Crippen LogP contribution is 2.57. The maximum atomic E-state index is 7.31. The monoisotopic (exact) mass is 1130 g/mol. The Hall–Kier alpha value is -7.86. The number of ether oxygens (including phenoxy) is 8. The quantitative estimate of drug-likeness (QED) is 0.0490. The van der Waals surface area contributed by atoms with Gasteiger partial charge in [0.15, 0.2) is 0 Å². The average Bonchev–Trinajstić information content (AvgIpc) is 3.17. The molecule has 5 aliphatic rings. The Labute approximate surface area is 495 Å². The zero-order chi connectivity index (χ0) is 56.9. The molecule has 0 N–H and O–H groups in total. The van der Waals surface area contributed by atoms with Gasteiger partial charge in [0.05, 0.1) is 11.1 Å². The molecule has 12 heteroatoms. The van der Waals surface area contributed by atoms with Crippen LogP contribution < -0.4 is 47.0 Å². The van der Waals surface area contributed by atoms with Gasteiger partial charge in [-0.2, -0.15) is 0 Å². The topological polar surface area (TPSA) is 91.5 Å². The van der Waals surface area contributed by atoms with E-state index in [2.05, 4.69) is 180 Å². The summed E-state index contributed by atoms with van der Waals surface area (Å²) in [6, 6.07) is 35.3. The number of rotatable bonds is 22. The van der Waals surface area contributed by atoms with Crippen LogP contribution in [-0.4, -0.2) is 36.3 Å². The van der Waals surface area contributed by atoms with Crippen LogP contribution in [0.5, 0.6) is 46.0 Å². The molecule has 0 saturated heterocycles. The summed E-state index contributed by atoms with van der Waals surface area (Å²) in [5.74, 6) is 6.04. The van der Waals surface area contributed by atoms with Crippen LogP contribution in [-0.2, 0) is 13.1 Å². The van der Waals surface area contributed by atoms with Crippen LogP contribution in [0, 0.1) is 0 Å². The number of para-hydroxylation sites is 2. The van der Waals surface area contributed by atoms with E-state index < -0.39 is 0 Å². The minimum Gasteiger partial charge on any atom is -0.457 e. The Kier molecular flexibility index (Phi) is 16.6. The second-order valence-electron chi connectivity index (χ2n) is 23.7. The predicted octanol–water partition coefficient (Wildman–Crippen LogP) is 16.0. The molecule has 12 nitrogen and oxygen atoms in total. The second kappa shape index (κ2) is 25.2. The van der Waals surface area contributed by atoms with E-state index in [-0.39, 0.29) is 50.8 Å². The molecule has 6 heterocycles. The van der Waals surface area contributed by atoms with Crippen molar-refractivity contribution in [2.45, 2.75) is 167 Å². The standard InChI is InChI=1S/C72H82N4O8/c1-5-9-15-27-51-55-35-57-52(28-16-10-6-2)59-37-61-54(30-18-12-8-4)62-38-60-53(29-17-11-7-3)58-36-56(51)66-40-68(58)80-47-82-70(60)64(42-74-32-34-76(44-74)50-25-21-14-22-26-50)72(62)84-48-83-71(61)63(41-73-31-33-75(43-73)49-23-19-13-20-24-49)69(59)81-46-79-67(57)39-65(55)77-45-78-66/h13-14,19-26,31-40,43-44,51-54H,5-12,15-18,27-30,41-42,45-48H2,1-4H3/q+2. The smallest absolute Gasteiger partial charge is 0.249 e. The van der Waals surface area contributed by atoms with E-state index in [9.17, 15) is 0 Å². The highest BCUT2D eigenvalue weighted by molar-refractivity contribution is 5.67. The average molecular weight is 1130 g/mol. The Bertz CT molecular complexity index is 3370. The van der Waals surface area contributed by atoms with Crippen LogP contribution in [0.25, 0.3) is 11.4 Å². The molecule has 0 saturated carbocycles. The lowest BCUT2D eigenvalue weighted by Crippen LogP contribution is -2.34. The number of hydrogen-bond donors (Lipinski definition) is 0. The summed E-state index contributed by atoms with van der Waals surface area (Å²) < 4.78 is 65.3. The van der Waals surface area contributed by atoms with Crippen molar-refractivity contribution in [1.82, 2.24) is 9.13 Å². The van der Waals surface area contributed by atoms with E-state index in [1.165, 1.54) is 33.4 Å². The van der Waals surface area contributed by atoms with Crippen molar-refractivity contribution in [2.24, 2.45) is 0 Å². The van der Waals surface area contributed by atoms with Gasteiger partial charge in [0.25, 0.3) is 0 Å². The molecule has 13 rings (SSSR count). The van der Waals surface area contributed by atoms with Crippen LogP contribution >= 0.6 is 0 Å². The Morgan fingerprint density at radius 3 is 1.00 bits per heavy atom. The normalized spacial score (nSPS) is 17.8. The molecular weight excluding hydrogens is 1050 g/mol. The van der Waals surface area contributed by atoms with Crippen molar-refractivity contribution in [1.29, 1.82) is 0 Å². The van der Waals surface area contributed by atoms with Gasteiger partial charge in [0.2, 0.25) is 39.8 Å². The van der Waals surface area contributed by atoms with Crippen molar-refractivity contribution < 1.29 is 47.0 Å². The number of unbranched alkanes of at least 4 members (excludes halogenated alkanes) is 8. The summed E-state index contributed by atoms with van der Waals surface area (Å²) in [7, 11) is 0. The van der Waals surface area contributed by atoms with Gasteiger partial charge in [-0.25, -0.2) is 18.3 Å². The van der Waals surface area contributed by atoms with Crippen LogP contribution in [0.15, 0.2) is 135 Å². The molecule has 8 bridgehead atoms. The molecule has 84 heavy (non-hydrogen) atoms. The zero-order valence-corrected chi connectivity index (χ0v) is 49.6. The number of hydrogen-bond acceptors (Lipinski definition) is 8. The third kappa shape index (κ3) is 11.0. The highest BCUT2D eigenvalue weighted by Gasteiger charge is 2.40. The minimum absolute atomic E-state index is 0.00515. The van der Waals surface area contributed by atoms with E-state index in [4.69, 9.17) is 37.9 Å². The fourth-order valence-corrected chi connectivity index (χ4v) is 14.0. The first kappa shape index (κ1) is 55.3. The van der Waals surface area contributed by atoms with Gasteiger partial charge in [-0.15, -0.1) is 0 Å². The van der Waals surface area contributed by atoms with E-state index in [1.54, 1.807) is 0 Å². The summed E-state index contributed by atoms with van der Waals surface area (Å²) in [6.45, 7) is 10.2. The van der Waals surface area contributed by atoms with E-state index in [1.807, 2.05) is 0 Å². The molecule has 8 aromatic rings. The Morgan fingerprint density at radius 1 is 0.357 bits per heavy atom. The number of aromatic nitrogens is 4. The summed E-state index contributed by atoms with van der Waals surface area (Å²) in [5, 5.41) is 0. The molecule has 0 amide bonds. The minimum atomic E-state index is -0.137. The molecule has 2 unspecified atom stereocenters. The molecule has 1 aliphatic carbocycles. The summed E-state index contributed by atoms with van der Waals surface area (Å²) in [6.07, 6.45) is 29.4. The zero-order valence-electron chi connectivity index (χ0n) is 49.6. The van der Waals surface area contributed by atoms with E-state index in [0.29, 0.717) is 13.1 Å². The van der Waals surface area contributed by atoms with Gasteiger partial charge in [0.1, 0.15) is 95.2 Å². The van der Waals surface area contributed by atoms with Crippen molar-refractivity contribution in [3.63, 3.8) is 0 Å². The summed E-state index contributed by atoms with van der Waals surface area (Å²) in [5.41, 5.74) is 13.5. The maximum Gasteiger partial charge on any atom is 0.249 e. The molecule has 0 radical (unpaired) electrons. The fraction of sp³-hybridized carbons (Fsp3) is 0.417. The van der Waals surface area contributed by atoms with E-state index in [0.717, 1.165) is 182 Å². The molecular formula is C72H82N4O8+2. The van der Waals surface area contributed by atoms with Crippen molar-refractivity contribution >= 4 is 0 Å². The van der Waals surface area contributed by atoms with Crippen LogP contribution in [0.3, 0.4) is 0 Å². The maximum absolute atomic E-state index is 7.31. The molecule has 2 atom stereocenters. The van der Waals surface area contributed by atoms with Crippen LogP contribution in [0.1, 0.15) is 210 Å². The van der Waals surface area contributed by atoms with Crippen molar-refractivity contribution in [2.75, 3.05) is 27.2 Å². The van der Waals surface area contributed by atoms with Gasteiger partial charge in [-0.05, 0) is 74.2 Å². The van der Waals surface area contributed by atoms with Crippen LogP contribution in [0.4, 0.5) is 0 Å². The van der Waals surface area contributed by atoms with E-state index >= 15 is 0 Å². The molecule has 6 aromatic carbocycles. The number of nitrogens with zero attached hydrogens (tertiary/aromatic N) is 4. The molecule has 436 valence electrons. The first-order chi connectivity index (χ1) is 41.5. The third-order valence-electron chi connectivity index (χ3n) is 18.3. The lowest BCUT2D eigenvalue weighted by molar-refractivity contribution is -0.687. The summed E-state index contributed by atoms with van der Waals surface area (Å²) >= 11 is 0. The first-order valence-electron chi connectivity index (χ1n) is 31.5. The van der Waals surface area contributed by atoms with Crippen molar-refractivity contribution in [3.05, 3.63) is 190 Å². The van der Waals surface area contributed by atoms with Crippen LogP contribution in [0.2, 0.25) is 0 Å². The van der Waals surface area contributed by atoms with Gasteiger partial charge in [-0.1, -0.05) is 141 Å². The first-order valence-corrected chi connectivity index (χ1v) is 31.5. The molecule has 0 spiro atoms. The lowest BCUT2D eigenvalue weighted by atomic mass is 9.75. The Balaban J connectivity index is 1.13. The van der Waals surface area contributed by atoms with Gasteiger partial charge in [-0.3, -0.25) is 0 Å². The molecule has 0 fully saturated rings. The highest BCUT2D eigenvalue weighted by atomic mass is 16.7. The third-order valence-corrected chi connectivity index (χ3v) is 18.3. The van der Waals surface area contributed by atoms with Crippen molar-refractivity contribution in [3.8, 4) is 57.4 Å². The largest absolute Gasteiger partial charge is 0.457 e. The predicted molar refractivity (Wildman–Crippen MR) is 324 cm³/mol. The summed E-state index contributed by atoms with van der Waals surface area (Å²) in [4.78, 5) is 0. The van der Waals surface area contributed by atoms with Gasteiger partial charge in [0, 0.05) is 80.3 Å². The number of benzene rings is 6. The van der Waals surface area contributed by atoms with Gasteiger partial charge >= 0.3 is 0 Å². The molecule has 4 aliphatic heterocycles. The molecule has 2 aromatic heterocycles.